The zero-order valence-electron chi connectivity index (χ0n) is 20.9. The molecule has 0 aliphatic carbocycles. The number of nitrogens with zero attached hydrogens (tertiary/aromatic N) is 1. The molecule has 4 aromatic carbocycles. The van der Waals surface area contributed by atoms with Gasteiger partial charge in [-0.15, -0.1) is 0 Å². The molecular weight excluding hydrogens is 653 g/mol. The minimum atomic E-state index is -4.12. The molecular formula is C26H18Cl3N3O8S2. The summed E-state index contributed by atoms with van der Waals surface area (Å²) in [5.74, 6) is -1.67. The summed E-state index contributed by atoms with van der Waals surface area (Å²) in [6, 6.07) is 22.0. The predicted octanol–water partition coefficient (Wildman–Crippen LogP) is 5.48. The first-order valence-electron chi connectivity index (χ1n) is 11.3. The van der Waals surface area contributed by atoms with E-state index in [0.717, 1.165) is 18.2 Å². The number of halogens is 3. The summed E-state index contributed by atoms with van der Waals surface area (Å²) in [5.41, 5.74) is -0.234. The Bertz CT molecular complexity index is 1840. The summed E-state index contributed by atoms with van der Waals surface area (Å²) in [5, 5.41) is 11.1. The van der Waals surface area contributed by atoms with Crippen LogP contribution in [0.5, 0.6) is 0 Å². The van der Waals surface area contributed by atoms with Gasteiger partial charge in [0.25, 0.3) is 37.5 Å². The Morgan fingerprint density at radius 2 is 1.10 bits per heavy atom. The smallest absolute Gasteiger partial charge is 0.268 e. The lowest BCUT2D eigenvalue weighted by atomic mass is 10.2. The first-order valence-corrected chi connectivity index (χ1v) is 15.4. The summed E-state index contributed by atoms with van der Waals surface area (Å²) in [6.45, 7) is 0. The highest BCUT2D eigenvalue weighted by molar-refractivity contribution is 7.90. The number of benzene rings is 4. The number of nitro groups is 1. The lowest BCUT2D eigenvalue weighted by Gasteiger charge is -2.08. The van der Waals surface area contributed by atoms with E-state index < -0.39 is 36.8 Å². The first kappa shape index (κ1) is 32.5. The topological polar surface area (TPSA) is 170 Å². The SMILES string of the molecule is O=C(NS(=O)(=O)c1ccc(Cl)cc1)c1ccc([N+](=O)[O-])cc1Cl.O=C(NS(=O)(=O)c1ccc(Cl)cc1)c1ccccc1. The summed E-state index contributed by atoms with van der Waals surface area (Å²) in [7, 11) is -8.00. The fourth-order valence-electron chi connectivity index (χ4n) is 3.09. The lowest BCUT2D eigenvalue weighted by molar-refractivity contribution is -0.384. The van der Waals surface area contributed by atoms with Crippen molar-refractivity contribution >= 4 is 72.4 Å². The molecule has 16 heteroatoms. The van der Waals surface area contributed by atoms with Crippen molar-refractivity contribution in [3.8, 4) is 0 Å². The van der Waals surface area contributed by atoms with Crippen LogP contribution < -0.4 is 9.44 Å². The molecule has 0 atom stereocenters. The Morgan fingerprint density at radius 1 is 0.643 bits per heavy atom. The van der Waals surface area contributed by atoms with Gasteiger partial charge in [0.2, 0.25) is 0 Å². The standard InChI is InChI=1S/C13H8Cl2N2O5S.C13H10ClNO3S/c14-8-1-4-10(5-2-8)23(21,22)16-13(18)11-6-3-9(17(19)20)7-12(11)15;14-11-6-8-12(9-7-11)19(17,18)15-13(16)10-4-2-1-3-5-10/h1-7H,(H,16,18);1-9H,(H,15,16). The summed E-state index contributed by atoms with van der Waals surface area (Å²) >= 11 is 17.1. The van der Waals surface area contributed by atoms with Crippen molar-refractivity contribution in [2.24, 2.45) is 0 Å². The number of rotatable bonds is 7. The van der Waals surface area contributed by atoms with Crippen LogP contribution in [-0.4, -0.2) is 33.6 Å². The molecule has 0 unspecified atom stereocenters. The maximum atomic E-state index is 12.1. The Hall–Kier alpha value is -4.01. The summed E-state index contributed by atoms with van der Waals surface area (Å²) in [4.78, 5) is 33.6. The normalized spacial score (nSPS) is 11.0. The van der Waals surface area contributed by atoms with E-state index in [1.807, 2.05) is 9.44 Å². The average Bonchev–Trinajstić information content (AvgIpc) is 2.93. The van der Waals surface area contributed by atoms with Crippen molar-refractivity contribution in [3.05, 3.63) is 133 Å². The molecule has 0 saturated carbocycles. The highest BCUT2D eigenvalue weighted by Gasteiger charge is 2.22. The number of carbonyl (C=O) groups is 2. The molecule has 0 radical (unpaired) electrons. The van der Waals surface area contributed by atoms with Gasteiger partial charge in [-0.05, 0) is 66.7 Å². The molecule has 4 rings (SSSR count). The number of sulfonamides is 2. The summed E-state index contributed by atoms with van der Waals surface area (Å²) < 4.78 is 51.9. The molecule has 0 bridgehead atoms. The Balaban J connectivity index is 0.000000235. The van der Waals surface area contributed by atoms with E-state index in [1.165, 1.54) is 60.7 Å². The predicted molar refractivity (Wildman–Crippen MR) is 157 cm³/mol. The molecule has 0 saturated heterocycles. The zero-order chi connectivity index (χ0) is 31.1. The van der Waals surface area contributed by atoms with E-state index >= 15 is 0 Å². The van der Waals surface area contributed by atoms with Crippen molar-refractivity contribution in [2.75, 3.05) is 0 Å². The van der Waals surface area contributed by atoms with E-state index in [-0.39, 0.29) is 31.6 Å². The molecule has 2 amide bonds. The van der Waals surface area contributed by atoms with Gasteiger partial charge in [0.15, 0.2) is 0 Å². The number of carbonyl (C=O) groups excluding carboxylic acids is 2. The quantitative estimate of drug-likeness (QED) is 0.192. The van der Waals surface area contributed by atoms with E-state index in [2.05, 4.69) is 0 Å². The van der Waals surface area contributed by atoms with Gasteiger partial charge in [-0.3, -0.25) is 19.7 Å². The van der Waals surface area contributed by atoms with Crippen molar-refractivity contribution in [1.82, 2.24) is 9.44 Å². The van der Waals surface area contributed by atoms with Crippen molar-refractivity contribution in [3.63, 3.8) is 0 Å². The van der Waals surface area contributed by atoms with E-state index in [4.69, 9.17) is 34.8 Å². The van der Waals surface area contributed by atoms with Gasteiger partial charge >= 0.3 is 0 Å². The minimum Gasteiger partial charge on any atom is -0.268 e. The average molecular weight is 671 g/mol. The van der Waals surface area contributed by atoms with Crippen LogP contribution in [-0.2, 0) is 20.0 Å². The van der Waals surface area contributed by atoms with Crippen molar-refractivity contribution in [2.45, 2.75) is 9.79 Å². The number of hydrogen-bond acceptors (Lipinski definition) is 8. The second-order valence-corrected chi connectivity index (χ2v) is 12.7. The van der Waals surface area contributed by atoms with Crippen molar-refractivity contribution in [1.29, 1.82) is 0 Å². The molecule has 11 nitrogen and oxygen atoms in total. The number of amides is 2. The van der Waals surface area contributed by atoms with Crippen LogP contribution in [0, 0.1) is 10.1 Å². The third-order valence-corrected chi connectivity index (χ3v) is 8.66. The fourth-order valence-corrected chi connectivity index (χ4v) is 5.55. The first-order chi connectivity index (χ1) is 19.7. The third kappa shape index (κ3) is 8.74. The molecule has 0 fully saturated rings. The number of non-ortho nitro benzene ring substituents is 1. The van der Waals surface area contributed by atoms with Gasteiger partial charge in [0.1, 0.15) is 0 Å². The van der Waals surface area contributed by atoms with Gasteiger partial charge in [-0.2, -0.15) is 0 Å². The van der Waals surface area contributed by atoms with Crippen LogP contribution in [0.3, 0.4) is 0 Å². The largest absolute Gasteiger partial charge is 0.270 e. The molecule has 0 aromatic heterocycles. The molecule has 4 aromatic rings. The van der Waals surface area contributed by atoms with Crippen molar-refractivity contribution < 1.29 is 31.3 Å². The molecule has 0 aliphatic rings. The monoisotopic (exact) mass is 669 g/mol. The Morgan fingerprint density at radius 3 is 1.52 bits per heavy atom. The van der Waals surface area contributed by atoms with Gasteiger partial charge in [-0.1, -0.05) is 53.0 Å². The maximum absolute atomic E-state index is 12.1. The van der Waals surface area contributed by atoms with Gasteiger partial charge < -0.3 is 0 Å². The van der Waals surface area contributed by atoms with Crippen LogP contribution in [0.4, 0.5) is 5.69 Å². The highest BCUT2D eigenvalue weighted by Crippen LogP contribution is 2.23. The van der Waals surface area contributed by atoms with Crippen LogP contribution in [0.2, 0.25) is 15.1 Å². The van der Waals surface area contributed by atoms with Crippen LogP contribution in [0.15, 0.2) is 107 Å². The molecule has 218 valence electrons. The second kappa shape index (κ2) is 13.8. The number of nitro benzene ring substituents is 1. The molecule has 0 spiro atoms. The fraction of sp³-hybridized carbons (Fsp3) is 0. The van der Waals surface area contributed by atoms with Crippen LogP contribution >= 0.6 is 34.8 Å². The molecule has 0 aliphatic heterocycles. The number of nitrogens with one attached hydrogen (secondary N) is 2. The lowest BCUT2D eigenvalue weighted by Crippen LogP contribution is -2.30. The van der Waals surface area contributed by atoms with E-state index in [0.29, 0.717) is 10.0 Å². The summed E-state index contributed by atoms with van der Waals surface area (Å²) in [6.07, 6.45) is 0. The number of hydrogen-bond donors (Lipinski definition) is 2. The highest BCUT2D eigenvalue weighted by atomic mass is 35.5. The van der Waals surface area contributed by atoms with Crippen LogP contribution in [0.1, 0.15) is 20.7 Å². The Kier molecular flexibility index (Phi) is 10.7. The van der Waals surface area contributed by atoms with Gasteiger partial charge in [0.05, 0.1) is 25.3 Å². The molecule has 0 heterocycles. The molecule has 2 N–H and O–H groups in total. The van der Waals surface area contributed by atoms with E-state index in [9.17, 15) is 36.5 Å². The van der Waals surface area contributed by atoms with Gasteiger partial charge in [0, 0.05) is 27.7 Å². The maximum Gasteiger partial charge on any atom is 0.270 e. The van der Waals surface area contributed by atoms with Crippen LogP contribution in [0.25, 0.3) is 0 Å². The third-order valence-electron chi connectivity index (χ3n) is 5.15. The second-order valence-electron chi connectivity index (χ2n) is 8.06. The minimum absolute atomic E-state index is 0.0128. The molecule has 42 heavy (non-hydrogen) atoms. The van der Waals surface area contributed by atoms with E-state index in [1.54, 1.807) is 18.2 Å². The zero-order valence-corrected chi connectivity index (χ0v) is 24.8. The Labute approximate surface area is 255 Å². The van der Waals surface area contributed by atoms with Gasteiger partial charge in [-0.25, -0.2) is 26.3 Å².